The number of aromatic nitrogens is 1. The highest BCUT2D eigenvalue weighted by Crippen LogP contribution is 2.31. The van der Waals surface area contributed by atoms with Crippen molar-refractivity contribution in [3.05, 3.63) is 58.9 Å². The van der Waals surface area contributed by atoms with Gasteiger partial charge in [0.25, 0.3) is 5.91 Å². The second kappa shape index (κ2) is 6.30. The lowest BCUT2D eigenvalue weighted by molar-refractivity contribution is -0.115. The molecule has 0 bridgehead atoms. The second-order valence-corrected chi connectivity index (χ2v) is 5.76. The quantitative estimate of drug-likeness (QED) is 0.869. The summed E-state index contributed by atoms with van der Waals surface area (Å²) in [6.07, 6.45) is 3.08. The van der Waals surface area contributed by atoms with Gasteiger partial charge in [-0.15, -0.1) is 0 Å². The van der Waals surface area contributed by atoms with Crippen molar-refractivity contribution in [3.8, 4) is 0 Å². The predicted octanol–water partition coefficient (Wildman–Crippen LogP) is 2.77. The van der Waals surface area contributed by atoms with E-state index in [0.29, 0.717) is 22.8 Å². The van der Waals surface area contributed by atoms with Crippen LogP contribution in [0.2, 0.25) is 5.02 Å². The number of nitrogens with zero attached hydrogens (tertiary/aromatic N) is 3. The van der Waals surface area contributed by atoms with E-state index in [1.807, 2.05) is 11.0 Å². The zero-order chi connectivity index (χ0) is 16.4. The van der Waals surface area contributed by atoms with Gasteiger partial charge in [-0.05, 0) is 37.3 Å². The maximum atomic E-state index is 12.3. The van der Waals surface area contributed by atoms with Crippen LogP contribution in [0.25, 0.3) is 0 Å². The van der Waals surface area contributed by atoms with Crippen LogP contribution >= 0.6 is 11.6 Å². The van der Waals surface area contributed by atoms with Crippen molar-refractivity contribution in [1.29, 1.82) is 0 Å². The van der Waals surface area contributed by atoms with Crippen LogP contribution < -0.4 is 4.90 Å². The molecular weight excluding hydrogens is 314 g/mol. The number of carbonyl (C=O) groups is 2. The lowest BCUT2D eigenvalue weighted by Gasteiger charge is -2.16. The van der Waals surface area contributed by atoms with Crippen molar-refractivity contribution in [1.82, 2.24) is 4.98 Å². The minimum Gasteiger partial charge on any atom is -0.358 e. The Morgan fingerprint density at radius 3 is 2.87 bits per heavy atom. The minimum absolute atomic E-state index is 0.0470. The Balaban J connectivity index is 1.98. The molecule has 0 unspecified atom stereocenters. The second-order valence-electron chi connectivity index (χ2n) is 5.32. The Morgan fingerprint density at radius 2 is 2.17 bits per heavy atom. The first-order valence-corrected chi connectivity index (χ1v) is 7.48. The molecular formula is C17H14ClN3O2. The van der Waals surface area contributed by atoms with E-state index in [9.17, 15) is 9.59 Å². The topological polar surface area (TPSA) is 62.6 Å². The molecule has 0 aliphatic carbocycles. The molecule has 1 aromatic heterocycles. The van der Waals surface area contributed by atoms with Gasteiger partial charge in [0.1, 0.15) is 5.78 Å². The summed E-state index contributed by atoms with van der Waals surface area (Å²) in [5.41, 5.74) is 2.68. The smallest absolute Gasteiger partial charge is 0.278 e. The fraction of sp³-hybridized carbons (Fsp3) is 0.176. The summed E-state index contributed by atoms with van der Waals surface area (Å²) in [4.78, 5) is 33.8. The maximum Gasteiger partial charge on any atom is 0.278 e. The zero-order valence-corrected chi connectivity index (χ0v) is 13.2. The minimum atomic E-state index is -0.358. The van der Waals surface area contributed by atoms with Gasteiger partial charge in [0.15, 0.2) is 0 Å². The summed E-state index contributed by atoms with van der Waals surface area (Å²) < 4.78 is 0. The van der Waals surface area contributed by atoms with Gasteiger partial charge in [-0.25, -0.2) is 4.99 Å². The number of amides is 1. The first-order chi connectivity index (χ1) is 11.0. The van der Waals surface area contributed by atoms with Crippen molar-refractivity contribution in [2.75, 3.05) is 18.0 Å². The first-order valence-electron chi connectivity index (χ1n) is 7.11. The van der Waals surface area contributed by atoms with Gasteiger partial charge in [0.05, 0.1) is 24.4 Å². The van der Waals surface area contributed by atoms with E-state index in [1.165, 1.54) is 13.1 Å². The number of rotatable bonds is 3. The van der Waals surface area contributed by atoms with Crippen LogP contribution in [0.4, 0.5) is 5.69 Å². The number of pyridine rings is 1. The van der Waals surface area contributed by atoms with Gasteiger partial charge in [-0.1, -0.05) is 11.6 Å². The van der Waals surface area contributed by atoms with Crippen molar-refractivity contribution in [2.45, 2.75) is 6.92 Å². The molecule has 1 aliphatic heterocycles. The summed E-state index contributed by atoms with van der Waals surface area (Å²) in [5.74, 6) is -0.311. The van der Waals surface area contributed by atoms with Crippen molar-refractivity contribution in [3.63, 3.8) is 0 Å². The number of carbonyl (C=O) groups excluding carboxylic acids is 2. The van der Waals surface area contributed by atoms with Gasteiger partial charge in [0.2, 0.25) is 0 Å². The molecule has 1 aromatic carbocycles. The molecule has 2 aromatic rings. The third-order valence-electron chi connectivity index (χ3n) is 3.51. The Bertz CT molecular complexity index is 803. The highest BCUT2D eigenvalue weighted by molar-refractivity contribution is 6.31. The van der Waals surface area contributed by atoms with Crippen molar-refractivity contribution >= 4 is 34.7 Å². The largest absolute Gasteiger partial charge is 0.358 e. The molecule has 0 saturated heterocycles. The summed E-state index contributed by atoms with van der Waals surface area (Å²) in [6.45, 7) is 2.21. The molecule has 0 radical (unpaired) electrons. The van der Waals surface area contributed by atoms with E-state index >= 15 is 0 Å². The molecule has 6 heteroatoms. The highest BCUT2D eigenvalue weighted by Gasteiger charge is 2.26. The number of fused-ring (bicyclic) bond motifs is 1. The maximum absolute atomic E-state index is 12.3. The average Bonchev–Trinajstić information content (AvgIpc) is 2.84. The Morgan fingerprint density at radius 1 is 1.35 bits per heavy atom. The van der Waals surface area contributed by atoms with Crippen LogP contribution in [-0.4, -0.2) is 35.5 Å². The molecule has 5 nitrogen and oxygen atoms in total. The van der Waals surface area contributed by atoms with Crippen LogP contribution in [0.5, 0.6) is 0 Å². The predicted molar refractivity (Wildman–Crippen MR) is 89.5 cm³/mol. The summed E-state index contributed by atoms with van der Waals surface area (Å²) in [6, 6.07) is 8.74. The molecule has 1 aliphatic rings. The number of benzene rings is 1. The SMILES string of the molecule is CC(=O)CN1CC(=NC(=O)c2cccnc2)c2cc(Cl)ccc21. The molecule has 0 saturated carbocycles. The van der Waals surface area contributed by atoms with Crippen LogP contribution in [0.3, 0.4) is 0 Å². The Hall–Kier alpha value is -2.53. The monoisotopic (exact) mass is 327 g/mol. The fourth-order valence-electron chi connectivity index (χ4n) is 2.55. The third kappa shape index (κ3) is 3.29. The molecule has 2 heterocycles. The van der Waals surface area contributed by atoms with Crippen LogP contribution in [0, 0.1) is 0 Å². The Kier molecular flexibility index (Phi) is 4.21. The van der Waals surface area contributed by atoms with E-state index in [0.717, 1.165) is 11.3 Å². The molecule has 0 spiro atoms. The van der Waals surface area contributed by atoms with Crippen LogP contribution in [-0.2, 0) is 4.79 Å². The normalized spacial score (nSPS) is 14.9. The average molecular weight is 328 g/mol. The zero-order valence-electron chi connectivity index (χ0n) is 12.5. The molecule has 0 fully saturated rings. The number of anilines is 1. The van der Waals surface area contributed by atoms with Gasteiger partial charge >= 0.3 is 0 Å². The fourth-order valence-corrected chi connectivity index (χ4v) is 2.72. The van der Waals surface area contributed by atoms with Crippen molar-refractivity contribution in [2.24, 2.45) is 4.99 Å². The number of aliphatic imine (C=N–C) groups is 1. The van der Waals surface area contributed by atoms with Crippen LogP contribution in [0.15, 0.2) is 47.7 Å². The molecule has 0 N–H and O–H groups in total. The van der Waals surface area contributed by atoms with Gasteiger partial charge in [-0.3, -0.25) is 14.6 Å². The molecule has 116 valence electrons. The highest BCUT2D eigenvalue weighted by atomic mass is 35.5. The number of Topliss-reactive ketones (excluding diaryl/α,β-unsaturated/α-hetero) is 1. The van der Waals surface area contributed by atoms with Gasteiger partial charge in [-0.2, -0.15) is 0 Å². The van der Waals surface area contributed by atoms with E-state index in [1.54, 1.807) is 30.5 Å². The van der Waals surface area contributed by atoms with E-state index < -0.39 is 0 Å². The summed E-state index contributed by atoms with van der Waals surface area (Å²) in [5, 5.41) is 0.565. The van der Waals surface area contributed by atoms with Gasteiger partial charge < -0.3 is 4.90 Å². The van der Waals surface area contributed by atoms with Crippen molar-refractivity contribution < 1.29 is 9.59 Å². The number of hydrogen-bond acceptors (Lipinski definition) is 4. The Labute approximate surface area is 138 Å². The molecule has 1 amide bonds. The third-order valence-corrected chi connectivity index (χ3v) is 3.74. The summed E-state index contributed by atoms with van der Waals surface area (Å²) in [7, 11) is 0. The van der Waals surface area contributed by atoms with Crippen LogP contribution in [0.1, 0.15) is 22.8 Å². The van der Waals surface area contributed by atoms with E-state index in [2.05, 4.69) is 9.98 Å². The van der Waals surface area contributed by atoms with Gasteiger partial charge in [0, 0.05) is 28.7 Å². The lowest BCUT2D eigenvalue weighted by atomic mass is 10.1. The molecule has 0 atom stereocenters. The van der Waals surface area contributed by atoms with E-state index in [4.69, 9.17) is 11.6 Å². The number of halogens is 1. The summed E-state index contributed by atoms with van der Waals surface area (Å²) >= 11 is 6.06. The first kappa shape index (κ1) is 15.4. The number of ketones is 1. The number of hydrogen-bond donors (Lipinski definition) is 0. The molecule has 23 heavy (non-hydrogen) atoms. The van der Waals surface area contributed by atoms with E-state index in [-0.39, 0.29) is 18.2 Å². The lowest BCUT2D eigenvalue weighted by Crippen LogP contribution is -2.28. The molecule has 3 rings (SSSR count). The standard InChI is InChI=1S/C17H14ClN3O2/c1-11(22)9-21-10-15(14-7-13(18)4-5-16(14)21)20-17(23)12-3-2-6-19-8-12/h2-8H,9-10H2,1H3.